The SMILES string of the molecule is CC(Nc1ccc2c(c1)NC(=O)CS2)c1sccc1Br. The number of carbonyl (C=O) groups is 1. The largest absolute Gasteiger partial charge is 0.378 e. The molecule has 3 rings (SSSR count). The number of amides is 1. The summed E-state index contributed by atoms with van der Waals surface area (Å²) in [6.07, 6.45) is 0. The van der Waals surface area contributed by atoms with Gasteiger partial charge in [0.15, 0.2) is 0 Å². The van der Waals surface area contributed by atoms with Crippen LogP contribution in [-0.2, 0) is 4.79 Å². The first-order valence-corrected chi connectivity index (χ1v) is 8.85. The van der Waals surface area contributed by atoms with Crippen molar-refractivity contribution in [2.45, 2.75) is 17.9 Å². The second kappa shape index (κ2) is 5.79. The molecule has 20 heavy (non-hydrogen) atoms. The van der Waals surface area contributed by atoms with Crippen LogP contribution in [0.25, 0.3) is 0 Å². The molecule has 1 aliphatic rings. The zero-order chi connectivity index (χ0) is 14.1. The highest BCUT2D eigenvalue weighted by Crippen LogP contribution is 2.35. The first-order chi connectivity index (χ1) is 9.63. The van der Waals surface area contributed by atoms with Crippen molar-refractivity contribution in [1.29, 1.82) is 0 Å². The van der Waals surface area contributed by atoms with Gasteiger partial charge in [0.25, 0.3) is 0 Å². The van der Waals surface area contributed by atoms with Crippen LogP contribution in [0.2, 0.25) is 0 Å². The first kappa shape index (κ1) is 14.0. The smallest absolute Gasteiger partial charge is 0.234 e. The first-order valence-electron chi connectivity index (χ1n) is 6.19. The van der Waals surface area contributed by atoms with Crippen LogP contribution >= 0.6 is 39.0 Å². The van der Waals surface area contributed by atoms with Crippen LogP contribution in [0.5, 0.6) is 0 Å². The van der Waals surface area contributed by atoms with Gasteiger partial charge in [-0.1, -0.05) is 0 Å². The summed E-state index contributed by atoms with van der Waals surface area (Å²) in [7, 11) is 0. The third-order valence-electron chi connectivity index (χ3n) is 3.03. The van der Waals surface area contributed by atoms with Gasteiger partial charge in [-0.05, 0) is 52.5 Å². The van der Waals surface area contributed by atoms with Crippen LogP contribution in [0.4, 0.5) is 11.4 Å². The number of carbonyl (C=O) groups excluding carboxylic acids is 1. The Morgan fingerprint density at radius 2 is 2.25 bits per heavy atom. The van der Waals surface area contributed by atoms with Crippen LogP contribution in [-0.4, -0.2) is 11.7 Å². The lowest BCUT2D eigenvalue weighted by molar-refractivity contribution is -0.113. The Morgan fingerprint density at radius 1 is 1.40 bits per heavy atom. The maximum absolute atomic E-state index is 11.4. The van der Waals surface area contributed by atoms with Crippen molar-refractivity contribution in [3.05, 3.63) is 39.0 Å². The van der Waals surface area contributed by atoms with Crippen LogP contribution in [0.3, 0.4) is 0 Å². The van der Waals surface area contributed by atoms with E-state index in [0.717, 1.165) is 20.7 Å². The third kappa shape index (κ3) is 2.87. The van der Waals surface area contributed by atoms with Crippen LogP contribution in [0.15, 0.2) is 39.0 Å². The number of rotatable bonds is 3. The Bertz CT molecular complexity index is 656. The van der Waals surface area contributed by atoms with E-state index in [9.17, 15) is 4.79 Å². The molecule has 6 heteroatoms. The average molecular weight is 369 g/mol. The van der Waals surface area contributed by atoms with Gasteiger partial charge in [0.2, 0.25) is 5.91 Å². The Hall–Kier alpha value is -0.980. The Labute approximate surface area is 134 Å². The molecular weight excluding hydrogens is 356 g/mol. The molecule has 1 amide bonds. The Balaban J connectivity index is 1.80. The topological polar surface area (TPSA) is 41.1 Å². The molecule has 104 valence electrons. The van der Waals surface area contributed by atoms with Crippen LogP contribution < -0.4 is 10.6 Å². The second-order valence-corrected chi connectivity index (χ2v) is 7.37. The standard InChI is InChI=1S/C14H13BrN2OS2/c1-8(14-10(15)4-5-19-14)16-9-2-3-12-11(6-9)17-13(18)7-20-12/h2-6,8,16H,7H2,1H3,(H,17,18). The van der Waals surface area contributed by atoms with Gasteiger partial charge in [0, 0.05) is 19.9 Å². The predicted octanol–water partition coefficient (Wildman–Crippen LogP) is 4.73. The molecule has 1 unspecified atom stereocenters. The van der Waals surface area contributed by atoms with E-state index in [1.54, 1.807) is 23.1 Å². The number of hydrogen-bond acceptors (Lipinski definition) is 4. The molecule has 2 heterocycles. The van der Waals surface area contributed by atoms with E-state index in [2.05, 4.69) is 57.1 Å². The minimum absolute atomic E-state index is 0.0636. The zero-order valence-corrected chi connectivity index (χ0v) is 14.0. The molecule has 1 aromatic carbocycles. The number of nitrogens with one attached hydrogen (secondary N) is 2. The van der Waals surface area contributed by atoms with E-state index in [1.165, 1.54) is 4.88 Å². The van der Waals surface area contributed by atoms with Crippen molar-refractivity contribution in [3.63, 3.8) is 0 Å². The van der Waals surface area contributed by atoms with Crippen LogP contribution in [0.1, 0.15) is 17.8 Å². The number of hydrogen-bond donors (Lipinski definition) is 2. The summed E-state index contributed by atoms with van der Waals surface area (Å²) in [5.41, 5.74) is 1.91. The van der Waals surface area contributed by atoms with Gasteiger partial charge in [0.05, 0.1) is 17.5 Å². The van der Waals surface area contributed by atoms with Crippen molar-refractivity contribution >= 4 is 56.3 Å². The molecule has 0 saturated carbocycles. The van der Waals surface area contributed by atoms with Crippen molar-refractivity contribution in [3.8, 4) is 0 Å². The molecule has 2 N–H and O–H groups in total. The quantitative estimate of drug-likeness (QED) is 0.822. The fourth-order valence-corrected chi connectivity index (χ4v) is 4.62. The van der Waals surface area contributed by atoms with Crippen molar-refractivity contribution in [2.24, 2.45) is 0 Å². The fourth-order valence-electron chi connectivity index (χ4n) is 2.10. The van der Waals surface area contributed by atoms with E-state index in [4.69, 9.17) is 0 Å². The molecule has 0 fully saturated rings. The number of thiophene rings is 1. The Kier molecular flexibility index (Phi) is 4.05. The third-order valence-corrected chi connectivity index (χ3v) is 6.16. The molecule has 2 aromatic rings. The summed E-state index contributed by atoms with van der Waals surface area (Å²) in [4.78, 5) is 13.8. The number of halogens is 1. The van der Waals surface area contributed by atoms with E-state index >= 15 is 0 Å². The van der Waals surface area contributed by atoms with Gasteiger partial charge in [-0.15, -0.1) is 23.1 Å². The highest BCUT2D eigenvalue weighted by atomic mass is 79.9. The van der Waals surface area contributed by atoms with Gasteiger partial charge in [-0.2, -0.15) is 0 Å². The molecule has 1 aliphatic heterocycles. The van der Waals surface area contributed by atoms with Crippen LogP contribution in [0, 0.1) is 0 Å². The van der Waals surface area contributed by atoms with Crippen molar-refractivity contribution in [1.82, 2.24) is 0 Å². The molecule has 0 saturated heterocycles. The number of thioether (sulfide) groups is 1. The van der Waals surface area contributed by atoms with Gasteiger partial charge in [-0.3, -0.25) is 4.79 Å². The molecule has 1 atom stereocenters. The summed E-state index contributed by atoms with van der Waals surface area (Å²) in [6, 6.07) is 8.38. The lowest BCUT2D eigenvalue weighted by Gasteiger charge is -2.19. The lowest BCUT2D eigenvalue weighted by atomic mass is 10.2. The average Bonchev–Trinajstić information content (AvgIpc) is 2.84. The van der Waals surface area contributed by atoms with E-state index in [1.807, 2.05) is 6.07 Å². The maximum atomic E-state index is 11.4. The van der Waals surface area contributed by atoms with Gasteiger partial charge in [-0.25, -0.2) is 0 Å². The van der Waals surface area contributed by atoms with Gasteiger partial charge in [0.1, 0.15) is 0 Å². The molecular formula is C14H13BrN2OS2. The maximum Gasteiger partial charge on any atom is 0.234 e. The second-order valence-electron chi connectivity index (χ2n) is 4.55. The number of anilines is 2. The summed E-state index contributed by atoms with van der Waals surface area (Å²) in [5.74, 6) is 0.562. The van der Waals surface area contributed by atoms with Gasteiger partial charge >= 0.3 is 0 Å². The van der Waals surface area contributed by atoms with E-state index < -0.39 is 0 Å². The normalized spacial score (nSPS) is 15.4. The van der Waals surface area contributed by atoms with E-state index in [-0.39, 0.29) is 11.9 Å². The summed E-state index contributed by atoms with van der Waals surface area (Å²) in [5, 5.41) is 8.45. The monoisotopic (exact) mass is 368 g/mol. The molecule has 0 spiro atoms. The minimum Gasteiger partial charge on any atom is -0.378 e. The predicted molar refractivity (Wildman–Crippen MR) is 89.9 cm³/mol. The highest BCUT2D eigenvalue weighted by molar-refractivity contribution is 9.10. The molecule has 0 radical (unpaired) electrons. The Morgan fingerprint density at radius 3 is 3.00 bits per heavy atom. The van der Waals surface area contributed by atoms with Crippen molar-refractivity contribution < 1.29 is 4.79 Å². The number of benzene rings is 1. The summed E-state index contributed by atoms with van der Waals surface area (Å²) >= 11 is 6.86. The molecule has 3 nitrogen and oxygen atoms in total. The summed E-state index contributed by atoms with van der Waals surface area (Å²) < 4.78 is 1.13. The van der Waals surface area contributed by atoms with E-state index in [0.29, 0.717) is 5.75 Å². The molecule has 1 aromatic heterocycles. The van der Waals surface area contributed by atoms with Gasteiger partial charge < -0.3 is 10.6 Å². The minimum atomic E-state index is 0.0636. The molecule has 0 aliphatic carbocycles. The molecule has 0 bridgehead atoms. The number of fused-ring (bicyclic) bond motifs is 1. The van der Waals surface area contributed by atoms with Crippen molar-refractivity contribution in [2.75, 3.05) is 16.4 Å². The lowest BCUT2D eigenvalue weighted by Crippen LogP contribution is -2.18. The highest BCUT2D eigenvalue weighted by Gasteiger charge is 2.16. The fraction of sp³-hybridized carbons (Fsp3) is 0.214. The zero-order valence-electron chi connectivity index (χ0n) is 10.8. The summed E-state index contributed by atoms with van der Waals surface area (Å²) in [6.45, 7) is 2.13.